The lowest BCUT2D eigenvalue weighted by molar-refractivity contribution is 0.208. The van der Waals surface area contributed by atoms with Crippen LogP contribution < -0.4 is 4.74 Å². The third-order valence-corrected chi connectivity index (χ3v) is 2.73. The first-order valence-corrected chi connectivity index (χ1v) is 5.22. The number of hydrogen-bond acceptors (Lipinski definition) is 2. The Balaban J connectivity index is 0.00000169. The Hall–Kier alpha value is -0.570. The minimum absolute atomic E-state index is 0. The van der Waals surface area contributed by atoms with Crippen LogP contribution in [0.3, 0.4) is 0 Å². The molecule has 1 rings (SSSR count). The molecule has 1 aromatic rings. The number of rotatable bonds is 3. The molecule has 0 radical (unpaired) electrons. The van der Waals surface area contributed by atoms with Gasteiger partial charge in [-0.05, 0) is 42.3 Å². The standard InChI is InChI=1S/C10H14BrNO.CH4/c1-4-7(2)13-10-6-5-9(11)8(3)12-10;/h5-7H,4H2,1-3H3;1H4/t7-;/m0./s1. The molecule has 0 bridgehead atoms. The summed E-state index contributed by atoms with van der Waals surface area (Å²) in [6, 6.07) is 3.84. The van der Waals surface area contributed by atoms with E-state index >= 15 is 0 Å². The van der Waals surface area contributed by atoms with Crippen LogP contribution in [-0.2, 0) is 0 Å². The van der Waals surface area contributed by atoms with E-state index in [1.807, 2.05) is 26.0 Å². The van der Waals surface area contributed by atoms with E-state index in [0.29, 0.717) is 5.88 Å². The maximum absolute atomic E-state index is 5.57. The van der Waals surface area contributed by atoms with Gasteiger partial charge in [0, 0.05) is 10.5 Å². The van der Waals surface area contributed by atoms with E-state index in [-0.39, 0.29) is 13.5 Å². The van der Waals surface area contributed by atoms with E-state index in [4.69, 9.17) is 4.74 Å². The zero-order valence-corrected chi connectivity index (χ0v) is 9.76. The van der Waals surface area contributed by atoms with Crippen LogP contribution in [0.15, 0.2) is 16.6 Å². The van der Waals surface area contributed by atoms with Crippen LogP contribution in [0.4, 0.5) is 0 Å². The van der Waals surface area contributed by atoms with E-state index in [1.165, 1.54) is 0 Å². The summed E-state index contributed by atoms with van der Waals surface area (Å²) < 4.78 is 6.58. The van der Waals surface area contributed by atoms with E-state index in [9.17, 15) is 0 Å². The van der Waals surface area contributed by atoms with Gasteiger partial charge in [0.15, 0.2) is 0 Å². The lowest BCUT2D eigenvalue weighted by atomic mass is 10.3. The molecule has 80 valence electrons. The van der Waals surface area contributed by atoms with Crippen LogP contribution in [0, 0.1) is 6.92 Å². The van der Waals surface area contributed by atoms with Crippen molar-refractivity contribution in [1.82, 2.24) is 4.98 Å². The molecule has 0 N–H and O–H groups in total. The van der Waals surface area contributed by atoms with E-state index < -0.39 is 0 Å². The topological polar surface area (TPSA) is 22.1 Å². The summed E-state index contributed by atoms with van der Waals surface area (Å²) in [5.74, 6) is 0.704. The third-order valence-electron chi connectivity index (χ3n) is 1.89. The highest BCUT2D eigenvalue weighted by molar-refractivity contribution is 9.10. The molecule has 0 aliphatic carbocycles. The van der Waals surface area contributed by atoms with Crippen LogP contribution in [-0.4, -0.2) is 11.1 Å². The van der Waals surface area contributed by atoms with Crippen molar-refractivity contribution in [2.45, 2.75) is 40.7 Å². The van der Waals surface area contributed by atoms with Crippen molar-refractivity contribution in [3.63, 3.8) is 0 Å². The molecule has 0 amide bonds. The Kier molecular flexibility index (Phi) is 5.77. The number of pyridine rings is 1. The molecule has 1 atom stereocenters. The van der Waals surface area contributed by atoms with E-state index in [2.05, 4.69) is 27.8 Å². The van der Waals surface area contributed by atoms with Gasteiger partial charge in [-0.15, -0.1) is 0 Å². The molecule has 0 spiro atoms. The Morgan fingerprint density at radius 3 is 2.64 bits per heavy atom. The van der Waals surface area contributed by atoms with Crippen molar-refractivity contribution in [3.05, 3.63) is 22.3 Å². The lowest BCUT2D eigenvalue weighted by Crippen LogP contribution is -2.10. The molecule has 1 aromatic heterocycles. The number of nitrogens with zero attached hydrogens (tertiary/aromatic N) is 1. The summed E-state index contributed by atoms with van der Waals surface area (Å²) in [5, 5.41) is 0. The van der Waals surface area contributed by atoms with Gasteiger partial charge >= 0.3 is 0 Å². The SMILES string of the molecule is C.CC[C@H](C)Oc1ccc(Br)c(C)n1. The van der Waals surface area contributed by atoms with E-state index in [0.717, 1.165) is 16.6 Å². The van der Waals surface area contributed by atoms with Crippen molar-refractivity contribution in [1.29, 1.82) is 0 Å². The molecule has 0 saturated heterocycles. The highest BCUT2D eigenvalue weighted by Crippen LogP contribution is 2.18. The van der Waals surface area contributed by atoms with Crippen LogP contribution >= 0.6 is 15.9 Å². The van der Waals surface area contributed by atoms with Gasteiger partial charge in [-0.1, -0.05) is 14.4 Å². The minimum Gasteiger partial charge on any atom is -0.475 e. The molecule has 0 fully saturated rings. The van der Waals surface area contributed by atoms with Gasteiger partial charge in [0.05, 0.1) is 11.8 Å². The van der Waals surface area contributed by atoms with Gasteiger partial charge in [0.1, 0.15) is 0 Å². The van der Waals surface area contributed by atoms with Crippen molar-refractivity contribution in [3.8, 4) is 5.88 Å². The van der Waals surface area contributed by atoms with Crippen LogP contribution in [0.25, 0.3) is 0 Å². The Labute approximate surface area is 94.8 Å². The van der Waals surface area contributed by atoms with E-state index in [1.54, 1.807) is 0 Å². The molecule has 2 nitrogen and oxygen atoms in total. The Morgan fingerprint density at radius 1 is 1.50 bits per heavy atom. The molecular formula is C11H18BrNO. The zero-order chi connectivity index (χ0) is 9.84. The highest BCUT2D eigenvalue weighted by atomic mass is 79.9. The van der Waals surface area contributed by atoms with Crippen LogP contribution in [0.2, 0.25) is 0 Å². The second-order valence-electron chi connectivity index (χ2n) is 3.05. The maximum atomic E-state index is 5.57. The van der Waals surface area contributed by atoms with Crippen LogP contribution in [0.5, 0.6) is 5.88 Å². The minimum atomic E-state index is 0. The van der Waals surface area contributed by atoms with Gasteiger partial charge in [0.2, 0.25) is 5.88 Å². The van der Waals surface area contributed by atoms with Crippen molar-refractivity contribution >= 4 is 15.9 Å². The molecule has 3 heteroatoms. The average molecular weight is 260 g/mol. The van der Waals surface area contributed by atoms with Crippen molar-refractivity contribution < 1.29 is 4.74 Å². The fourth-order valence-electron chi connectivity index (χ4n) is 0.876. The predicted octanol–water partition coefficient (Wildman–Crippen LogP) is 3.97. The first-order chi connectivity index (χ1) is 6.13. The molecule has 0 aliphatic heterocycles. The summed E-state index contributed by atoms with van der Waals surface area (Å²) in [7, 11) is 0. The smallest absolute Gasteiger partial charge is 0.213 e. The molecule has 0 unspecified atom stereocenters. The molecule has 1 heterocycles. The molecule has 14 heavy (non-hydrogen) atoms. The number of halogens is 1. The van der Waals surface area contributed by atoms with Crippen molar-refractivity contribution in [2.75, 3.05) is 0 Å². The summed E-state index contributed by atoms with van der Waals surface area (Å²) in [5.41, 5.74) is 0.959. The largest absolute Gasteiger partial charge is 0.475 e. The summed E-state index contributed by atoms with van der Waals surface area (Å²) in [6.07, 6.45) is 1.23. The molecule has 0 saturated carbocycles. The second-order valence-corrected chi connectivity index (χ2v) is 3.91. The Morgan fingerprint density at radius 2 is 2.14 bits per heavy atom. The highest BCUT2D eigenvalue weighted by Gasteiger charge is 2.03. The fraction of sp³-hybridized carbons (Fsp3) is 0.545. The Bertz CT molecular complexity index is 289. The summed E-state index contributed by atoms with van der Waals surface area (Å²) >= 11 is 3.39. The second kappa shape index (κ2) is 6.02. The average Bonchev–Trinajstić information content (AvgIpc) is 2.11. The van der Waals surface area contributed by atoms with Gasteiger partial charge < -0.3 is 4.74 Å². The predicted molar refractivity (Wildman–Crippen MR) is 63.8 cm³/mol. The lowest BCUT2D eigenvalue weighted by Gasteiger charge is -2.11. The fourth-order valence-corrected chi connectivity index (χ4v) is 1.10. The van der Waals surface area contributed by atoms with Crippen LogP contribution in [0.1, 0.15) is 33.4 Å². The first-order valence-electron chi connectivity index (χ1n) is 4.43. The summed E-state index contributed by atoms with van der Waals surface area (Å²) in [4.78, 5) is 4.29. The third kappa shape index (κ3) is 3.66. The van der Waals surface area contributed by atoms with Gasteiger partial charge in [-0.25, -0.2) is 4.98 Å². The zero-order valence-electron chi connectivity index (χ0n) is 8.17. The first kappa shape index (κ1) is 13.4. The maximum Gasteiger partial charge on any atom is 0.213 e. The normalized spacial score (nSPS) is 11.7. The molecular weight excluding hydrogens is 242 g/mol. The molecule has 0 aliphatic rings. The number of aryl methyl sites for hydroxylation is 1. The van der Waals surface area contributed by atoms with Gasteiger partial charge in [-0.3, -0.25) is 0 Å². The number of aromatic nitrogens is 1. The quantitative estimate of drug-likeness (QED) is 0.820. The van der Waals surface area contributed by atoms with Crippen molar-refractivity contribution in [2.24, 2.45) is 0 Å². The number of hydrogen-bond donors (Lipinski definition) is 0. The monoisotopic (exact) mass is 259 g/mol. The van der Waals surface area contributed by atoms with Gasteiger partial charge in [0.25, 0.3) is 0 Å². The van der Waals surface area contributed by atoms with Gasteiger partial charge in [-0.2, -0.15) is 0 Å². The number of ether oxygens (including phenoxy) is 1. The molecule has 0 aromatic carbocycles. The summed E-state index contributed by atoms with van der Waals surface area (Å²) in [6.45, 7) is 6.09.